The molecule has 0 aromatic carbocycles. The summed E-state index contributed by atoms with van der Waals surface area (Å²) >= 11 is 0. The molecule has 74 valence electrons. The van der Waals surface area contributed by atoms with E-state index in [1.54, 1.807) is 22.4 Å². The molecule has 1 unspecified atom stereocenters. The van der Waals surface area contributed by atoms with Gasteiger partial charge in [-0.2, -0.15) is 0 Å². The second-order valence-electron chi connectivity index (χ2n) is 3.36. The lowest BCUT2D eigenvalue weighted by Gasteiger charge is -2.09. The summed E-state index contributed by atoms with van der Waals surface area (Å²) in [6.45, 7) is 2.88. The van der Waals surface area contributed by atoms with E-state index in [-0.39, 0.29) is 5.69 Å². The SMILES string of the molecule is CNC(C)CCn1ccn(C)c1=O. The summed E-state index contributed by atoms with van der Waals surface area (Å²) in [6.07, 6.45) is 4.58. The number of aryl methyl sites for hydroxylation is 2. The lowest BCUT2D eigenvalue weighted by Crippen LogP contribution is -2.27. The number of rotatable bonds is 4. The molecule has 1 heterocycles. The van der Waals surface area contributed by atoms with Gasteiger partial charge in [-0.1, -0.05) is 0 Å². The third kappa shape index (κ3) is 2.45. The van der Waals surface area contributed by atoms with Crippen LogP contribution in [0.2, 0.25) is 0 Å². The average Bonchev–Trinajstić information content (AvgIpc) is 2.44. The molecule has 13 heavy (non-hydrogen) atoms. The van der Waals surface area contributed by atoms with Gasteiger partial charge in [0.2, 0.25) is 0 Å². The molecule has 4 nitrogen and oxygen atoms in total. The lowest BCUT2D eigenvalue weighted by atomic mass is 10.2. The topological polar surface area (TPSA) is 39.0 Å². The molecule has 0 aliphatic carbocycles. The van der Waals surface area contributed by atoms with Crippen molar-refractivity contribution < 1.29 is 0 Å². The average molecular weight is 183 g/mol. The van der Waals surface area contributed by atoms with Crippen LogP contribution in [-0.4, -0.2) is 22.2 Å². The van der Waals surface area contributed by atoms with Crippen LogP contribution in [0.4, 0.5) is 0 Å². The zero-order valence-corrected chi connectivity index (χ0v) is 8.45. The number of imidazole rings is 1. The van der Waals surface area contributed by atoms with E-state index in [1.807, 2.05) is 13.2 Å². The van der Waals surface area contributed by atoms with Crippen molar-refractivity contribution in [1.82, 2.24) is 14.5 Å². The standard InChI is InChI=1S/C9H17N3O/c1-8(10-2)4-5-12-7-6-11(3)9(12)13/h6-8,10H,4-5H2,1-3H3. The van der Waals surface area contributed by atoms with Gasteiger partial charge in [0.1, 0.15) is 0 Å². The van der Waals surface area contributed by atoms with Crippen molar-refractivity contribution >= 4 is 0 Å². The summed E-state index contributed by atoms with van der Waals surface area (Å²) in [4.78, 5) is 11.4. The van der Waals surface area contributed by atoms with E-state index in [0.717, 1.165) is 13.0 Å². The van der Waals surface area contributed by atoms with Crippen LogP contribution in [0.1, 0.15) is 13.3 Å². The molecule has 1 rings (SSSR count). The maximum absolute atomic E-state index is 11.4. The highest BCUT2D eigenvalue weighted by atomic mass is 16.1. The van der Waals surface area contributed by atoms with Gasteiger partial charge in [-0.25, -0.2) is 4.79 Å². The minimum absolute atomic E-state index is 0.0586. The van der Waals surface area contributed by atoms with E-state index in [0.29, 0.717) is 6.04 Å². The first-order chi connectivity index (χ1) is 6.15. The van der Waals surface area contributed by atoms with E-state index in [9.17, 15) is 4.79 Å². The highest BCUT2D eigenvalue weighted by Gasteiger charge is 2.01. The van der Waals surface area contributed by atoms with E-state index in [2.05, 4.69) is 12.2 Å². The molecule has 4 heteroatoms. The Morgan fingerprint density at radius 3 is 2.69 bits per heavy atom. The summed E-state index contributed by atoms with van der Waals surface area (Å²) in [5.74, 6) is 0. The Balaban J connectivity index is 2.55. The van der Waals surface area contributed by atoms with Crippen LogP contribution < -0.4 is 11.0 Å². The fourth-order valence-electron chi connectivity index (χ4n) is 1.16. The first-order valence-electron chi connectivity index (χ1n) is 4.54. The predicted molar refractivity (Wildman–Crippen MR) is 52.8 cm³/mol. The molecule has 0 saturated carbocycles. The summed E-state index contributed by atoms with van der Waals surface area (Å²) in [5.41, 5.74) is 0.0586. The van der Waals surface area contributed by atoms with Gasteiger partial charge in [0.05, 0.1) is 0 Å². The molecule has 1 atom stereocenters. The Bertz CT molecular complexity index is 313. The first kappa shape index (κ1) is 10.1. The Labute approximate surface area is 78.2 Å². The van der Waals surface area contributed by atoms with Crippen molar-refractivity contribution in [3.63, 3.8) is 0 Å². The van der Waals surface area contributed by atoms with Gasteiger partial charge in [0, 0.05) is 32.0 Å². The molecule has 0 saturated heterocycles. The van der Waals surface area contributed by atoms with E-state index < -0.39 is 0 Å². The summed E-state index contributed by atoms with van der Waals surface area (Å²) in [5, 5.41) is 3.14. The van der Waals surface area contributed by atoms with Crippen molar-refractivity contribution in [1.29, 1.82) is 0 Å². The Kier molecular flexibility index (Phi) is 3.31. The summed E-state index contributed by atoms with van der Waals surface area (Å²) < 4.78 is 3.32. The zero-order chi connectivity index (χ0) is 9.84. The maximum atomic E-state index is 11.4. The van der Waals surface area contributed by atoms with Gasteiger partial charge < -0.3 is 9.88 Å². The number of aromatic nitrogens is 2. The van der Waals surface area contributed by atoms with Crippen LogP contribution in [-0.2, 0) is 13.6 Å². The quantitative estimate of drug-likeness (QED) is 0.723. The highest BCUT2D eigenvalue weighted by Crippen LogP contribution is 1.92. The molecule has 1 aromatic heterocycles. The Morgan fingerprint density at radius 1 is 1.54 bits per heavy atom. The normalized spacial score (nSPS) is 13.2. The van der Waals surface area contributed by atoms with Gasteiger partial charge in [-0.15, -0.1) is 0 Å². The number of hydrogen-bond acceptors (Lipinski definition) is 2. The number of nitrogens with zero attached hydrogens (tertiary/aromatic N) is 2. The predicted octanol–water partition coefficient (Wildman–Crippen LogP) is 0.185. The second-order valence-corrected chi connectivity index (χ2v) is 3.36. The smallest absolute Gasteiger partial charge is 0.317 e. The van der Waals surface area contributed by atoms with Crippen molar-refractivity contribution in [2.75, 3.05) is 7.05 Å². The number of hydrogen-bond donors (Lipinski definition) is 1. The molecule has 0 spiro atoms. The minimum atomic E-state index is 0.0586. The first-order valence-corrected chi connectivity index (χ1v) is 4.54. The third-order valence-corrected chi connectivity index (χ3v) is 2.31. The molecule has 1 N–H and O–H groups in total. The van der Waals surface area contributed by atoms with Gasteiger partial charge in [0.25, 0.3) is 0 Å². The van der Waals surface area contributed by atoms with E-state index >= 15 is 0 Å². The molecule has 0 aliphatic heterocycles. The third-order valence-electron chi connectivity index (χ3n) is 2.31. The largest absolute Gasteiger partial charge is 0.327 e. The van der Waals surface area contributed by atoms with Crippen LogP contribution >= 0.6 is 0 Å². The molecular formula is C9H17N3O. The van der Waals surface area contributed by atoms with Gasteiger partial charge >= 0.3 is 5.69 Å². The fourth-order valence-corrected chi connectivity index (χ4v) is 1.16. The van der Waals surface area contributed by atoms with Crippen molar-refractivity contribution in [3.05, 3.63) is 22.9 Å². The lowest BCUT2D eigenvalue weighted by molar-refractivity contribution is 0.500. The van der Waals surface area contributed by atoms with E-state index in [1.165, 1.54) is 0 Å². The van der Waals surface area contributed by atoms with Gasteiger partial charge in [-0.3, -0.25) is 4.57 Å². The van der Waals surface area contributed by atoms with Crippen molar-refractivity contribution in [2.45, 2.75) is 25.9 Å². The fraction of sp³-hybridized carbons (Fsp3) is 0.667. The summed E-state index contributed by atoms with van der Waals surface area (Å²) in [7, 11) is 3.69. The van der Waals surface area contributed by atoms with Gasteiger partial charge in [-0.05, 0) is 20.4 Å². The number of nitrogens with one attached hydrogen (secondary N) is 1. The molecule has 0 aliphatic rings. The van der Waals surface area contributed by atoms with E-state index in [4.69, 9.17) is 0 Å². The molecule has 0 amide bonds. The van der Waals surface area contributed by atoms with Crippen LogP contribution in [0, 0.1) is 0 Å². The Morgan fingerprint density at radius 2 is 2.23 bits per heavy atom. The van der Waals surface area contributed by atoms with Crippen LogP contribution in [0.25, 0.3) is 0 Å². The monoisotopic (exact) mass is 183 g/mol. The zero-order valence-electron chi connectivity index (χ0n) is 8.45. The molecule has 0 fully saturated rings. The molecule has 1 aromatic rings. The maximum Gasteiger partial charge on any atom is 0.327 e. The van der Waals surface area contributed by atoms with Crippen molar-refractivity contribution in [3.8, 4) is 0 Å². The van der Waals surface area contributed by atoms with Crippen LogP contribution in [0.15, 0.2) is 17.2 Å². The molecular weight excluding hydrogens is 166 g/mol. The highest BCUT2D eigenvalue weighted by molar-refractivity contribution is 4.80. The Hall–Kier alpha value is -1.03. The molecule has 0 bridgehead atoms. The van der Waals surface area contributed by atoms with Crippen LogP contribution in [0.5, 0.6) is 0 Å². The van der Waals surface area contributed by atoms with Crippen molar-refractivity contribution in [2.24, 2.45) is 7.05 Å². The second kappa shape index (κ2) is 4.28. The summed E-state index contributed by atoms with van der Waals surface area (Å²) in [6, 6.07) is 0.451. The van der Waals surface area contributed by atoms with Crippen LogP contribution in [0.3, 0.4) is 0 Å². The molecule has 0 radical (unpaired) electrons. The minimum Gasteiger partial charge on any atom is -0.317 e. The van der Waals surface area contributed by atoms with Gasteiger partial charge in [0.15, 0.2) is 0 Å².